The van der Waals surface area contributed by atoms with Crippen molar-refractivity contribution in [1.82, 2.24) is 4.90 Å². The Kier molecular flexibility index (Phi) is 5.28. The Morgan fingerprint density at radius 1 is 1.90 bits per heavy atom. The second kappa shape index (κ2) is 5.09. The molecule has 5 heteroatoms. The van der Waals surface area contributed by atoms with Crippen molar-refractivity contribution in [1.29, 1.82) is 0 Å². The molecule has 60 valence electrons. The summed E-state index contributed by atoms with van der Waals surface area (Å²) in [7, 11) is 1.75. The van der Waals surface area contributed by atoms with Gasteiger partial charge in [0.2, 0.25) is 11.1 Å². The number of rotatable bonds is 4. The van der Waals surface area contributed by atoms with Gasteiger partial charge in [-0.15, -0.1) is 0 Å². The van der Waals surface area contributed by atoms with E-state index in [1.807, 2.05) is 0 Å². The molecule has 1 atom stereocenters. The van der Waals surface area contributed by atoms with E-state index < -0.39 is 11.1 Å². The first kappa shape index (κ1) is 10.4. The summed E-state index contributed by atoms with van der Waals surface area (Å²) in [6.07, 6.45) is 0. The van der Waals surface area contributed by atoms with E-state index in [-0.39, 0.29) is 5.03 Å². The summed E-state index contributed by atoms with van der Waals surface area (Å²) < 4.78 is 19.9. The van der Waals surface area contributed by atoms with Crippen molar-refractivity contribution in [3.63, 3.8) is 0 Å². The quantitative estimate of drug-likeness (QED) is 0.473. The topological polar surface area (TPSA) is 40.5 Å². The van der Waals surface area contributed by atoms with Crippen molar-refractivity contribution < 1.29 is 8.76 Å². The van der Waals surface area contributed by atoms with Crippen molar-refractivity contribution in [3.8, 4) is 0 Å². The Balaban J connectivity index is 3.82. The monoisotopic (exact) mass is 275 g/mol. The van der Waals surface area contributed by atoms with E-state index in [1.165, 1.54) is 0 Å². The van der Waals surface area contributed by atoms with Crippen molar-refractivity contribution in [2.24, 2.45) is 0 Å². The van der Waals surface area contributed by atoms with Gasteiger partial charge in [-0.1, -0.05) is 29.2 Å². The van der Waals surface area contributed by atoms with E-state index >= 15 is 0 Å². The van der Waals surface area contributed by atoms with E-state index in [0.717, 1.165) is 11.0 Å². The third kappa shape index (κ3) is 3.52. The second-order valence-corrected chi connectivity index (χ2v) is 3.80. The molecule has 0 aliphatic carbocycles. The van der Waals surface area contributed by atoms with Gasteiger partial charge in [0.05, 0.1) is 0 Å². The lowest BCUT2D eigenvalue weighted by Gasteiger charge is -2.16. The molecular formula is C5H10INO2S. The largest absolute Gasteiger partial charge is 0.365 e. The normalized spacial score (nSPS) is 12.7. The minimum Gasteiger partial charge on any atom is -0.365 e. The summed E-state index contributed by atoms with van der Waals surface area (Å²) in [5, 5.41) is 0.261. The average molecular weight is 275 g/mol. The molecule has 0 saturated carbocycles. The van der Waals surface area contributed by atoms with Gasteiger partial charge in [-0.25, -0.2) is 4.21 Å². The molecule has 10 heavy (non-hydrogen) atoms. The minimum absolute atomic E-state index is 0.261. The molecule has 1 unspecified atom stereocenters. The highest BCUT2D eigenvalue weighted by Gasteiger charge is 2.05. The van der Waals surface area contributed by atoms with Gasteiger partial charge in [-0.3, -0.25) is 0 Å². The Labute approximate surface area is 76.9 Å². The first-order valence-corrected chi connectivity index (χ1v) is 5.29. The van der Waals surface area contributed by atoms with Crippen LogP contribution in [0.2, 0.25) is 0 Å². The SMILES string of the molecule is C=C(N(C)CCI)S(=O)O. The van der Waals surface area contributed by atoms with Crippen LogP contribution in [-0.4, -0.2) is 31.7 Å². The fraction of sp³-hybridized carbons (Fsp3) is 0.600. The first-order valence-electron chi connectivity index (χ1n) is 2.66. The fourth-order valence-corrected chi connectivity index (χ4v) is 1.47. The highest BCUT2D eigenvalue weighted by molar-refractivity contribution is 14.1. The molecule has 0 amide bonds. The molecule has 0 saturated heterocycles. The summed E-state index contributed by atoms with van der Waals surface area (Å²) in [5.74, 6) is 0. The second-order valence-electron chi connectivity index (χ2n) is 1.75. The predicted molar refractivity (Wildman–Crippen MR) is 51.4 cm³/mol. The first-order chi connectivity index (χ1) is 4.59. The summed E-state index contributed by atoms with van der Waals surface area (Å²) in [6.45, 7) is 4.20. The van der Waals surface area contributed by atoms with Crippen LogP contribution in [-0.2, 0) is 11.1 Å². The lowest BCUT2D eigenvalue weighted by molar-refractivity contribution is 0.461. The molecule has 0 aliphatic rings. The molecule has 3 nitrogen and oxygen atoms in total. The number of halogens is 1. The van der Waals surface area contributed by atoms with E-state index in [9.17, 15) is 4.21 Å². The number of hydrogen-bond acceptors (Lipinski definition) is 2. The van der Waals surface area contributed by atoms with Crippen LogP contribution < -0.4 is 0 Å². The smallest absolute Gasteiger partial charge is 0.202 e. The molecule has 0 aromatic carbocycles. The lowest BCUT2D eigenvalue weighted by atomic mass is 10.6. The zero-order valence-corrected chi connectivity index (χ0v) is 8.68. The number of alkyl halides is 1. The molecule has 0 aliphatic heterocycles. The summed E-state index contributed by atoms with van der Waals surface area (Å²) in [6, 6.07) is 0. The zero-order valence-electron chi connectivity index (χ0n) is 5.71. The van der Waals surface area contributed by atoms with Gasteiger partial charge in [0, 0.05) is 18.0 Å². The summed E-state index contributed by atoms with van der Waals surface area (Å²) in [4.78, 5) is 1.67. The van der Waals surface area contributed by atoms with Gasteiger partial charge in [0.15, 0.2) is 0 Å². The molecule has 0 aromatic rings. The van der Waals surface area contributed by atoms with Crippen LogP contribution in [0, 0.1) is 0 Å². The van der Waals surface area contributed by atoms with Crippen molar-refractivity contribution in [2.45, 2.75) is 0 Å². The molecule has 0 aromatic heterocycles. The maximum absolute atomic E-state index is 10.4. The third-order valence-electron chi connectivity index (χ3n) is 1.05. The van der Waals surface area contributed by atoms with Gasteiger partial charge in [0.1, 0.15) is 5.03 Å². The molecule has 0 rings (SSSR count). The van der Waals surface area contributed by atoms with E-state index in [4.69, 9.17) is 4.55 Å². The van der Waals surface area contributed by atoms with Crippen molar-refractivity contribution in [2.75, 3.05) is 18.0 Å². The fourth-order valence-electron chi connectivity index (χ4n) is 0.385. The maximum Gasteiger partial charge on any atom is 0.202 e. The molecule has 1 N–H and O–H groups in total. The Hall–Kier alpha value is 0.380. The lowest BCUT2D eigenvalue weighted by Crippen LogP contribution is -2.21. The molecular weight excluding hydrogens is 265 g/mol. The van der Waals surface area contributed by atoms with Gasteiger partial charge in [-0.05, 0) is 0 Å². The van der Waals surface area contributed by atoms with Gasteiger partial charge in [0.25, 0.3) is 0 Å². The van der Waals surface area contributed by atoms with Crippen LogP contribution in [0.15, 0.2) is 11.6 Å². The molecule has 0 spiro atoms. The van der Waals surface area contributed by atoms with E-state index in [1.54, 1.807) is 11.9 Å². The van der Waals surface area contributed by atoms with Crippen LogP contribution >= 0.6 is 22.6 Å². The van der Waals surface area contributed by atoms with Gasteiger partial charge >= 0.3 is 0 Å². The van der Waals surface area contributed by atoms with Crippen LogP contribution in [0.25, 0.3) is 0 Å². The Morgan fingerprint density at radius 3 is 2.70 bits per heavy atom. The van der Waals surface area contributed by atoms with Crippen LogP contribution in [0.5, 0.6) is 0 Å². The van der Waals surface area contributed by atoms with Crippen LogP contribution in [0.1, 0.15) is 0 Å². The minimum atomic E-state index is -1.91. The van der Waals surface area contributed by atoms with Crippen LogP contribution in [0.3, 0.4) is 0 Å². The number of hydrogen-bond donors (Lipinski definition) is 1. The number of nitrogens with zero attached hydrogens (tertiary/aromatic N) is 1. The predicted octanol–water partition coefficient (Wildman–Crippen LogP) is 1.05. The average Bonchev–Trinajstić information content (AvgIpc) is 1.87. The van der Waals surface area contributed by atoms with Gasteiger partial charge < -0.3 is 9.45 Å². The van der Waals surface area contributed by atoms with Crippen molar-refractivity contribution >= 4 is 33.7 Å². The molecule has 0 fully saturated rings. The highest BCUT2D eigenvalue weighted by atomic mass is 127. The summed E-state index contributed by atoms with van der Waals surface area (Å²) >= 11 is 0.282. The van der Waals surface area contributed by atoms with Gasteiger partial charge in [-0.2, -0.15) is 0 Å². The zero-order chi connectivity index (χ0) is 8.15. The Bertz CT molecular complexity index is 151. The molecule has 0 radical (unpaired) electrons. The van der Waals surface area contributed by atoms with Crippen LogP contribution in [0.4, 0.5) is 0 Å². The standard InChI is InChI=1S/C5H10INO2S/c1-5(10(8)9)7(2)4-3-6/h1,3-4H2,2H3,(H,8,9). The Morgan fingerprint density at radius 2 is 2.40 bits per heavy atom. The van der Waals surface area contributed by atoms with E-state index in [2.05, 4.69) is 29.2 Å². The maximum atomic E-state index is 10.4. The molecule has 0 bridgehead atoms. The van der Waals surface area contributed by atoms with E-state index in [0.29, 0.717) is 0 Å². The molecule has 0 heterocycles. The van der Waals surface area contributed by atoms with Crippen molar-refractivity contribution in [3.05, 3.63) is 11.6 Å². The third-order valence-corrected chi connectivity index (χ3v) is 2.24. The highest BCUT2D eigenvalue weighted by Crippen LogP contribution is 2.01. The summed E-state index contributed by atoms with van der Waals surface area (Å²) in [5.41, 5.74) is 0.